The molecule has 0 radical (unpaired) electrons. The summed E-state index contributed by atoms with van der Waals surface area (Å²) in [6, 6.07) is 6.09. The highest BCUT2D eigenvalue weighted by Gasteiger charge is 2.07. The number of nitrogens with zero attached hydrogens (tertiary/aromatic N) is 2. The zero-order valence-electron chi connectivity index (χ0n) is 10.8. The standard InChI is InChI=1S/C14H18N2O/c1-10-13-7-12(17-4)6-5-11(13)8-15-14(10)9-16(2)3/h5-8H,9H2,1-4H3. The van der Waals surface area contributed by atoms with Crippen molar-refractivity contribution in [3.8, 4) is 5.75 Å². The van der Waals surface area contributed by atoms with E-state index in [1.165, 1.54) is 10.9 Å². The van der Waals surface area contributed by atoms with Crippen molar-refractivity contribution in [3.63, 3.8) is 0 Å². The molecule has 90 valence electrons. The minimum atomic E-state index is 0.860. The molecule has 0 aliphatic heterocycles. The Balaban J connectivity index is 2.56. The van der Waals surface area contributed by atoms with Crippen LogP contribution in [0.3, 0.4) is 0 Å². The molecular weight excluding hydrogens is 212 g/mol. The number of hydrogen-bond acceptors (Lipinski definition) is 3. The molecule has 2 rings (SSSR count). The third-order valence-corrected chi connectivity index (χ3v) is 2.92. The van der Waals surface area contributed by atoms with Gasteiger partial charge in [0.25, 0.3) is 0 Å². The van der Waals surface area contributed by atoms with Gasteiger partial charge in [0.1, 0.15) is 5.75 Å². The van der Waals surface area contributed by atoms with Crippen molar-refractivity contribution < 1.29 is 4.74 Å². The van der Waals surface area contributed by atoms with Crippen molar-refractivity contribution in [2.24, 2.45) is 0 Å². The van der Waals surface area contributed by atoms with Crippen LogP contribution in [0.1, 0.15) is 11.3 Å². The maximum absolute atomic E-state index is 5.27. The fraction of sp³-hybridized carbons (Fsp3) is 0.357. The molecule has 0 spiro atoms. The first-order valence-corrected chi connectivity index (χ1v) is 5.69. The monoisotopic (exact) mass is 230 g/mol. The van der Waals surface area contributed by atoms with Crippen LogP contribution >= 0.6 is 0 Å². The van der Waals surface area contributed by atoms with Crippen molar-refractivity contribution in [2.45, 2.75) is 13.5 Å². The van der Waals surface area contributed by atoms with Crippen LogP contribution in [0.25, 0.3) is 10.8 Å². The first-order chi connectivity index (χ1) is 8.11. The molecular formula is C14H18N2O. The summed E-state index contributed by atoms with van der Waals surface area (Å²) in [6.45, 7) is 2.98. The minimum absolute atomic E-state index is 0.860. The highest BCUT2D eigenvalue weighted by molar-refractivity contribution is 5.86. The number of ether oxygens (including phenoxy) is 1. The van der Waals surface area contributed by atoms with Gasteiger partial charge in [-0.25, -0.2) is 0 Å². The SMILES string of the molecule is COc1ccc2cnc(CN(C)C)c(C)c2c1. The van der Waals surface area contributed by atoms with Crippen molar-refractivity contribution in [3.05, 3.63) is 35.7 Å². The Hall–Kier alpha value is -1.61. The summed E-state index contributed by atoms with van der Waals surface area (Å²) in [5.74, 6) is 0.891. The molecule has 17 heavy (non-hydrogen) atoms. The third kappa shape index (κ3) is 2.39. The van der Waals surface area contributed by atoms with Crippen molar-refractivity contribution in [1.82, 2.24) is 9.88 Å². The quantitative estimate of drug-likeness (QED) is 0.810. The number of aryl methyl sites for hydroxylation is 1. The molecule has 1 heterocycles. The molecule has 0 saturated heterocycles. The smallest absolute Gasteiger partial charge is 0.119 e. The summed E-state index contributed by atoms with van der Waals surface area (Å²) in [5.41, 5.74) is 2.35. The van der Waals surface area contributed by atoms with Gasteiger partial charge in [0, 0.05) is 18.1 Å². The Kier molecular flexibility index (Phi) is 3.29. The number of aromatic nitrogens is 1. The molecule has 0 N–H and O–H groups in total. The van der Waals surface area contributed by atoms with Crippen LogP contribution in [0.15, 0.2) is 24.4 Å². The van der Waals surface area contributed by atoms with Gasteiger partial charge >= 0.3 is 0 Å². The summed E-state index contributed by atoms with van der Waals surface area (Å²) in [5, 5.41) is 2.38. The van der Waals surface area contributed by atoms with Crippen LogP contribution in [0.4, 0.5) is 0 Å². The van der Waals surface area contributed by atoms with Crippen molar-refractivity contribution in [1.29, 1.82) is 0 Å². The van der Waals surface area contributed by atoms with Crippen molar-refractivity contribution in [2.75, 3.05) is 21.2 Å². The van der Waals surface area contributed by atoms with Gasteiger partial charge in [0.15, 0.2) is 0 Å². The Bertz CT molecular complexity index is 535. The second-order valence-corrected chi connectivity index (χ2v) is 4.52. The normalized spacial score (nSPS) is 11.1. The summed E-state index contributed by atoms with van der Waals surface area (Å²) >= 11 is 0. The summed E-state index contributed by atoms with van der Waals surface area (Å²) in [4.78, 5) is 6.65. The van der Waals surface area contributed by atoms with E-state index >= 15 is 0 Å². The van der Waals surface area contributed by atoms with E-state index in [0.29, 0.717) is 0 Å². The minimum Gasteiger partial charge on any atom is -0.497 e. The number of rotatable bonds is 3. The summed E-state index contributed by atoms with van der Waals surface area (Å²) in [6.07, 6.45) is 1.93. The van der Waals surface area contributed by atoms with E-state index in [1.807, 2.05) is 18.3 Å². The second kappa shape index (κ2) is 4.72. The van der Waals surface area contributed by atoms with Gasteiger partial charge in [0.05, 0.1) is 12.8 Å². The number of fused-ring (bicyclic) bond motifs is 1. The molecule has 0 aliphatic rings. The summed E-state index contributed by atoms with van der Waals surface area (Å²) in [7, 11) is 5.80. The fourth-order valence-electron chi connectivity index (χ4n) is 1.96. The molecule has 0 amide bonds. The van der Waals surface area contributed by atoms with Crippen LogP contribution < -0.4 is 4.74 Å². The highest BCUT2D eigenvalue weighted by atomic mass is 16.5. The number of pyridine rings is 1. The van der Waals surface area contributed by atoms with E-state index in [9.17, 15) is 0 Å². The van der Waals surface area contributed by atoms with Gasteiger partial charge in [-0.15, -0.1) is 0 Å². The zero-order valence-corrected chi connectivity index (χ0v) is 10.8. The number of benzene rings is 1. The van der Waals surface area contributed by atoms with E-state index in [2.05, 4.69) is 37.0 Å². The average molecular weight is 230 g/mol. The lowest BCUT2D eigenvalue weighted by molar-refractivity contribution is 0.396. The van der Waals surface area contributed by atoms with Crippen LogP contribution in [0.5, 0.6) is 5.75 Å². The van der Waals surface area contributed by atoms with E-state index < -0.39 is 0 Å². The van der Waals surface area contributed by atoms with Gasteiger partial charge in [-0.1, -0.05) is 0 Å². The van der Waals surface area contributed by atoms with Gasteiger partial charge in [-0.3, -0.25) is 4.98 Å². The highest BCUT2D eigenvalue weighted by Crippen LogP contribution is 2.25. The third-order valence-electron chi connectivity index (χ3n) is 2.92. The molecule has 0 unspecified atom stereocenters. The zero-order chi connectivity index (χ0) is 12.4. The lowest BCUT2D eigenvalue weighted by Gasteiger charge is -2.13. The predicted octanol–water partition coefficient (Wildman–Crippen LogP) is 2.61. The number of hydrogen-bond donors (Lipinski definition) is 0. The molecule has 3 nitrogen and oxygen atoms in total. The maximum Gasteiger partial charge on any atom is 0.119 e. The maximum atomic E-state index is 5.27. The largest absolute Gasteiger partial charge is 0.497 e. The Morgan fingerprint density at radius 1 is 1.29 bits per heavy atom. The Morgan fingerprint density at radius 3 is 2.71 bits per heavy atom. The lowest BCUT2D eigenvalue weighted by Crippen LogP contribution is -2.13. The molecule has 1 aromatic heterocycles. The Morgan fingerprint density at radius 2 is 2.06 bits per heavy atom. The van der Waals surface area contributed by atoms with Crippen LogP contribution in [-0.4, -0.2) is 31.1 Å². The topological polar surface area (TPSA) is 25.4 Å². The molecule has 1 aromatic carbocycles. The predicted molar refractivity (Wildman–Crippen MR) is 70.4 cm³/mol. The second-order valence-electron chi connectivity index (χ2n) is 4.52. The van der Waals surface area contributed by atoms with Crippen molar-refractivity contribution >= 4 is 10.8 Å². The van der Waals surface area contributed by atoms with E-state index in [-0.39, 0.29) is 0 Å². The molecule has 0 saturated carbocycles. The van der Waals surface area contributed by atoms with Gasteiger partial charge in [-0.05, 0) is 50.2 Å². The van der Waals surface area contributed by atoms with E-state index in [1.54, 1.807) is 7.11 Å². The first-order valence-electron chi connectivity index (χ1n) is 5.69. The molecule has 0 aliphatic carbocycles. The van der Waals surface area contributed by atoms with Crippen LogP contribution in [0, 0.1) is 6.92 Å². The first kappa shape index (κ1) is 11.9. The van der Waals surface area contributed by atoms with E-state index in [0.717, 1.165) is 23.4 Å². The van der Waals surface area contributed by atoms with Gasteiger partial charge in [0.2, 0.25) is 0 Å². The molecule has 2 aromatic rings. The van der Waals surface area contributed by atoms with Crippen LogP contribution in [0.2, 0.25) is 0 Å². The number of methoxy groups -OCH3 is 1. The molecule has 3 heteroatoms. The Labute approximate surface area is 102 Å². The van der Waals surface area contributed by atoms with Gasteiger partial charge in [-0.2, -0.15) is 0 Å². The van der Waals surface area contributed by atoms with Crippen LogP contribution in [-0.2, 0) is 6.54 Å². The summed E-state index contributed by atoms with van der Waals surface area (Å²) < 4.78 is 5.27. The fourth-order valence-corrected chi connectivity index (χ4v) is 1.96. The van der Waals surface area contributed by atoms with Gasteiger partial charge < -0.3 is 9.64 Å². The molecule has 0 atom stereocenters. The molecule has 0 fully saturated rings. The average Bonchev–Trinajstić information content (AvgIpc) is 2.32. The molecule has 0 bridgehead atoms. The van der Waals surface area contributed by atoms with E-state index in [4.69, 9.17) is 4.74 Å². The lowest BCUT2D eigenvalue weighted by atomic mass is 10.1.